The van der Waals surface area contributed by atoms with Crippen LogP contribution in [0, 0.1) is 11.8 Å². The first kappa shape index (κ1) is 56.0. The Morgan fingerprint density at radius 1 is 0.708 bits per heavy atom. The molecule has 72 heavy (non-hydrogen) atoms. The molecule has 386 valence electrons. The first-order valence-electron chi connectivity index (χ1n) is 25.2. The molecule has 2 aromatic carbocycles. The lowest BCUT2D eigenvalue weighted by Gasteiger charge is -2.32. The van der Waals surface area contributed by atoms with Gasteiger partial charge in [0.25, 0.3) is 11.8 Å². The number of carbonyl (C=O) groups excluding carboxylic acids is 2. The lowest BCUT2D eigenvalue weighted by molar-refractivity contribution is 0.00578. The average molecular weight is 1120 g/mol. The van der Waals surface area contributed by atoms with Gasteiger partial charge >= 0.3 is 7.12 Å². The number of piperidine rings is 2. The van der Waals surface area contributed by atoms with Crippen molar-refractivity contribution in [3.05, 3.63) is 122 Å². The van der Waals surface area contributed by atoms with Crippen LogP contribution in [0.3, 0.4) is 0 Å². The van der Waals surface area contributed by atoms with Crippen LogP contribution < -0.4 is 5.59 Å². The fraction of sp³-hybridized carbons (Fsp3) is 0.464. The number of thiophene rings is 2. The SMILES string of the molecule is CC(C)CCn1cccc1-c1csc(-c2ccc(C(=O)N3CCCC(O)C3)cc2Cl)c1.CC(C)CCn1cccc1B1OC(C)(C)C(C)(C)O1.O=C(c1ccc(-c2cc(Br)cs2)c(Cl)c1)N1CCCC(O)C1. The third kappa shape index (κ3) is 14.2. The molecule has 3 aliphatic rings. The Kier molecular flexibility index (Phi) is 19.3. The van der Waals surface area contributed by atoms with Crippen LogP contribution in [-0.2, 0) is 22.4 Å². The summed E-state index contributed by atoms with van der Waals surface area (Å²) >= 11 is 19.7. The molecule has 3 aliphatic heterocycles. The third-order valence-corrected chi connectivity index (χ3v) is 17.2. The minimum atomic E-state index is -0.434. The molecule has 0 saturated carbocycles. The number of benzene rings is 2. The largest absolute Gasteiger partial charge is 0.512 e. The number of hydrogen-bond acceptors (Lipinski definition) is 8. The number of carbonyl (C=O) groups is 2. The van der Waals surface area contributed by atoms with Crippen LogP contribution in [0.2, 0.25) is 10.0 Å². The molecule has 2 atom stereocenters. The highest BCUT2D eigenvalue weighted by atomic mass is 79.9. The molecule has 6 aromatic rings. The van der Waals surface area contributed by atoms with Crippen molar-refractivity contribution in [3.8, 4) is 32.1 Å². The number of nitrogens with zero attached hydrogens (tertiary/aromatic N) is 4. The van der Waals surface area contributed by atoms with Crippen molar-refractivity contribution in [1.29, 1.82) is 0 Å². The molecule has 2 N–H and O–H groups in total. The van der Waals surface area contributed by atoms with E-state index in [0.29, 0.717) is 59.2 Å². The van der Waals surface area contributed by atoms with Gasteiger partial charge in [0.15, 0.2) is 0 Å². The van der Waals surface area contributed by atoms with Crippen molar-refractivity contribution in [2.45, 2.75) is 130 Å². The monoisotopic (exact) mass is 1120 g/mol. The van der Waals surface area contributed by atoms with Gasteiger partial charge in [-0.15, -0.1) is 22.7 Å². The Bertz CT molecular complexity index is 2750. The Morgan fingerprint density at radius 3 is 1.68 bits per heavy atom. The molecule has 3 fully saturated rings. The van der Waals surface area contributed by atoms with Gasteiger partial charge in [0.1, 0.15) is 0 Å². The maximum Gasteiger partial charge on any atom is 0.512 e. The summed E-state index contributed by atoms with van der Waals surface area (Å²) in [4.78, 5) is 30.9. The molecular weight excluding hydrogens is 1050 g/mol. The van der Waals surface area contributed by atoms with E-state index in [9.17, 15) is 19.8 Å². The second kappa shape index (κ2) is 24.8. The summed E-state index contributed by atoms with van der Waals surface area (Å²) in [6.07, 6.45) is 8.89. The van der Waals surface area contributed by atoms with E-state index in [4.69, 9.17) is 32.5 Å². The lowest BCUT2D eigenvalue weighted by atomic mass is 9.84. The maximum atomic E-state index is 12.8. The quantitative estimate of drug-likeness (QED) is 0.118. The predicted octanol–water partition coefficient (Wildman–Crippen LogP) is 13.4. The Labute approximate surface area is 453 Å². The number of amides is 2. The molecule has 2 unspecified atom stereocenters. The summed E-state index contributed by atoms with van der Waals surface area (Å²) < 4.78 is 17.8. The minimum absolute atomic E-state index is 0.0675. The smallest absolute Gasteiger partial charge is 0.398 e. The van der Waals surface area contributed by atoms with Crippen molar-refractivity contribution in [2.75, 3.05) is 26.2 Å². The highest BCUT2D eigenvalue weighted by Crippen LogP contribution is 2.39. The van der Waals surface area contributed by atoms with E-state index in [-0.39, 0.29) is 30.1 Å². The second-order valence-corrected chi connectivity index (χ2v) is 24.5. The molecule has 9 rings (SSSR count). The fourth-order valence-electron chi connectivity index (χ4n) is 8.88. The summed E-state index contributed by atoms with van der Waals surface area (Å²) in [7, 11) is -0.257. The number of aliphatic hydroxyl groups is 2. The zero-order chi connectivity index (χ0) is 51.9. The Hall–Kier alpha value is -3.70. The fourth-order valence-corrected chi connectivity index (χ4v) is 12.0. The molecule has 3 saturated heterocycles. The lowest BCUT2D eigenvalue weighted by Crippen LogP contribution is -2.42. The zero-order valence-electron chi connectivity index (χ0n) is 42.9. The molecule has 0 bridgehead atoms. The summed E-state index contributed by atoms with van der Waals surface area (Å²) in [5, 5.41) is 24.9. The Balaban J connectivity index is 0.000000164. The minimum Gasteiger partial charge on any atom is -0.398 e. The van der Waals surface area contributed by atoms with E-state index in [1.165, 1.54) is 17.7 Å². The van der Waals surface area contributed by atoms with Gasteiger partial charge in [0.2, 0.25) is 0 Å². The van der Waals surface area contributed by atoms with Gasteiger partial charge < -0.3 is 38.5 Å². The first-order chi connectivity index (χ1) is 34.2. The first-order valence-corrected chi connectivity index (χ1v) is 28.5. The van der Waals surface area contributed by atoms with Crippen LogP contribution in [0.5, 0.6) is 0 Å². The van der Waals surface area contributed by atoms with Gasteiger partial charge in [-0.1, -0.05) is 63.0 Å². The zero-order valence-corrected chi connectivity index (χ0v) is 47.6. The average Bonchev–Trinajstić information content (AvgIpc) is 4.20. The van der Waals surface area contributed by atoms with Crippen LogP contribution >= 0.6 is 61.8 Å². The highest BCUT2D eigenvalue weighted by molar-refractivity contribution is 9.10. The van der Waals surface area contributed by atoms with Crippen LogP contribution in [0.1, 0.15) is 115 Å². The van der Waals surface area contributed by atoms with Crippen LogP contribution in [0.4, 0.5) is 0 Å². The Morgan fingerprint density at radius 2 is 1.19 bits per heavy atom. The van der Waals surface area contributed by atoms with Crippen LogP contribution in [0.15, 0.2) is 100 Å². The molecular formula is C56H70BBrCl2N4O6S2. The van der Waals surface area contributed by atoms with Crippen molar-refractivity contribution in [2.24, 2.45) is 11.8 Å². The van der Waals surface area contributed by atoms with Crippen molar-refractivity contribution < 1.29 is 29.1 Å². The molecule has 4 aromatic heterocycles. The number of rotatable bonds is 12. The molecule has 16 heteroatoms. The summed E-state index contributed by atoms with van der Waals surface area (Å²) in [6, 6.07) is 23.5. The number of likely N-dealkylation sites (tertiary alicyclic amines) is 2. The van der Waals surface area contributed by atoms with Crippen molar-refractivity contribution >= 4 is 86.3 Å². The van der Waals surface area contributed by atoms with Crippen LogP contribution in [-0.4, -0.2) is 97.7 Å². The van der Waals surface area contributed by atoms with E-state index in [1.54, 1.807) is 50.7 Å². The molecule has 0 spiro atoms. The van der Waals surface area contributed by atoms with Crippen molar-refractivity contribution in [1.82, 2.24) is 18.9 Å². The van der Waals surface area contributed by atoms with E-state index >= 15 is 0 Å². The third-order valence-electron chi connectivity index (χ3n) is 13.9. The van der Waals surface area contributed by atoms with Gasteiger partial charge in [-0.05, 0) is 155 Å². The van der Waals surface area contributed by atoms with Gasteiger partial charge in [-0.25, -0.2) is 0 Å². The van der Waals surface area contributed by atoms with Gasteiger partial charge in [0.05, 0.1) is 33.5 Å². The van der Waals surface area contributed by atoms with E-state index < -0.39 is 12.2 Å². The number of halogens is 3. The van der Waals surface area contributed by atoms with Gasteiger partial charge in [0, 0.05) is 116 Å². The predicted molar refractivity (Wildman–Crippen MR) is 302 cm³/mol. The number of aliphatic hydroxyl groups excluding tert-OH is 2. The van der Waals surface area contributed by atoms with E-state index in [1.807, 2.05) is 29.6 Å². The molecule has 2 amide bonds. The standard InChI is InChI=1S/C25H29ClN2O2S.C16H15BrClNO2S.C15H26BNO2/c1-17(2)9-12-27-10-4-6-23(27)19-14-24(31-16-19)21-8-7-18(13-22(21)26)25(30)28-11-3-5-20(29)15-28;17-11-7-15(22-9-11)13-4-3-10(6-14(13)18)16(21)19-5-1-2-12(20)8-19;1-12(2)9-11-17-10-7-8-13(17)16-18-14(3,4)15(5,6)19-16/h4,6-8,10,13-14,16-17,20,29H,3,5,9,11-12,15H2,1-2H3;3-4,6-7,9,12,20H,1-2,5,8H2;7-8,10,12H,9,11H2,1-6H3. The summed E-state index contributed by atoms with van der Waals surface area (Å²) in [6.45, 7) is 21.5. The molecule has 10 nitrogen and oxygen atoms in total. The molecule has 7 heterocycles. The van der Waals surface area contributed by atoms with Crippen LogP contribution in [0.25, 0.3) is 32.1 Å². The number of aryl methyl sites for hydroxylation is 2. The number of β-amino-alcohol motifs (C(OH)–C–C–N with tert-alkyl or cyclic N) is 2. The molecule has 0 radical (unpaired) electrons. The summed E-state index contributed by atoms with van der Waals surface area (Å²) in [5.74, 6) is 1.23. The maximum absolute atomic E-state index is 12.8. The summed E-state index contributed by atoms with van der Waals surface area (Å²) in [5.41, 5.74) is 5.98. The number of hydrogen-bond donors (Lipinski definition) is 2. The van der Waals surface area contributed by atoms with Gasteiger partial charge in [-0.3, -0.25) is 9.59 Å². The van der Waals surface area contributed by atoms with E-state index in [2.05, 4.69) is 129 Å². The number of aromatic nitrogens is 2. The van der Waals surface area contributed by atoms with Gasteiger partial charge in [-0.2, -0.15) is 0 Å². The highest BCUT2D eigenvalue weighted by Gasteiger charge is 2.52. The normalized spacial score (nSPS) is 18.5. The van der Waals surface area contributed by atoms with E-state index in [0.717, 1.165) is 76.1 Å². The second-order valence-electron chi connectivity index (χ2n) is 21.0. The van der Waals surface area contributed by atoms with Crippen molar-refractivity contribution in [3.63, 3.8) is 0 Å². The molecule has 0 aliphatic carbocycles. The topological polar surface area (TPSA) is 109 Å².